The van der Waals surface area contributed by atoms with E-state index < -0.39 is 47.4 Å². The van der Waals surface area contributed by atoms with Gasteiger partial charge in [-0.25, -0.2) is 4.98 Å². The molecule has 1 saturated heterocycles. The van der Waals surface area contributed by atoms with Gasteiger partial charge >= 0.3 is 0 Å². The molecule has 3 aromatic rings. The molecule has 1 aromatic heterocycles. The smallest absolute Gasteiger partial charge is 0.246 e. The van der Waals surface area contributed by atoms with Gasteiger partial charge < -0.3 is 37.4 Å². The first-order valence-electron chi connectivity index (χ1n) is 18.2. The van der Waals surface area contributed by atoms with Crippen molar-refractivity contribution in [3.63, 3.8) is 0 Å². The largest absolute Gasteiger partial charge is 0.391 e. The molecule has 13 nitrogen and oxygen atoms in total. The SMILES string of the molecule is Cc1ncsc1-c1ccc([C@H](C)NC(=O)[C@@H]2C[C@@H](O)CN2C(=O)[C@@H](NC(=O)CCCCc2cccc(NC(=O)C(N)CCC(N)=O)c2Cl)C(C)(C)C)cc1.Cl. The van der Waals surface area contributed by atoms with Crippen LogP contribution in [0.2, 0.25) is 5.02 Å². The fraction of sp³-hybridized carbons (Fsp3) is 0.487. The molecule has 300 valence electrons. The molecule has 0 saturated carbocycles. The van der Waals surface area contributed by atoms with Crippen LogP contribution in [0, 0.1) is 12.3 Å². The Bertz CT molecular complexity index is 1820. The predicted molar refractivity (Wildman–Crippen MR) is 218 cm³/mol. The first kappa shape index (κ1) is 45.3. The number of amides is 5. The third-order valence-corrected chi connectivity index (χ3v) is 11.0. The Kier molecular flexibility index (Phi) is 16.6. The summed E-state index contributed by atoms with van der Waals surface area (Å²) in [6.45, 7) is 9.34. The van der Waals surface area contributed by atoms with E-state index in [2.05, 4.69) is 20.9 Å². The van der Waals surface area contributed by atoms with Crippen molar-refractivity contribution in [2.45, 2.75) is 110 Å². The highest BCUT2D eigenvalue weighted by molar-refractivity contribution is 7.13. The number of β-amino-alcohol motifs (C(OH)–C–C–N with tert-alkyl or cyclic N) is 1. The Morgan fingerprint density at radius 3 is 2.36 bits per heavy atom. The number of likely N-dealkylation sites (tertiary alicyclic amines) is 1. The Labute approximate surface area is 337 Å². The van der Waals surface area contributed by atoms with Crippen molar-refractivity contribution in [1.29, 1.82) is 0 Å². The zero-order chi connectivity index (χ0) is 39.7. The maximum Gasteiger partial charge on any atom is 0.246 e. The predicted octanol–water partition coefficient (Wildman–Crippen LogP) is 4.81. The molecular formula is C39H53Cl2N7O6S. The van der Waals surface area contributed by atoms with E-state index in [9.17, 15) is 29.1 Å². The third kappa shape index (κ3) is 12.5. The number of unbranched alkanes of at least 4 members (excludes halogenated alkanes) is 1. The van der Waals surface area contributed by atoms with E-state index in [1.165, 1.54) is 4.90 Å². The quantitative estimate of drug-likeness (QED) is 0.110. The number of carbonyl (C=O) groups excluding carboxylic acids is 5. The number of nitrogens with one attached hydrogen (secondary N) is 3. The van der Waals surface area contributed by atoms with Crippen LogP contribution in [0.15, 0.2) is 48.0 Å². The lowest BCUT2D eigenvalue weighted by molar-refractivity contribution is -0.144. The fourth-order valence-corrected chi connectivity index (χ4v) is 7.45. The molecule has 0 bridgehead atoms. The van der Waals surface area contributed by atoms with E-state index in [4.69, 9.17) is 23.1 Å². The summed E-state index contributed by atoms with van der Waals surface area (Å²) in [5.41, 5.74) is 16.2. The van der Waals surface area contributed by atoms with Crippen molar-refractivity contribution in [2.75, 3.05) is 11.9 Å². The summed E-state index contributed by atoms with van der Waals surface area (Å²) >= 11 is 8.14. The molecule has 4 rings (SSSR count). The topological polar surface area (TPSA) is 210 Å². The van der Waals surface area contributed by atoms with Gasteiger partial charge in [-0.2, -0.15) is 0 Å². The number of nitrogens with zero attached hydrogens (tertiary/aromatic N) is 2. The number of thiazole rings is 1. The number of aliphatic hydroxyl groups is 1. The van der Waals surface area contributed by atoms with Crippen LogP contribution in [0.1, 0.15) is 89.1 Å². The third-order valence-electron chi connectivity index (χ3n) is 9.54. The number of hydrogen-bond acceptors (Lipinski definition) is 9. The maximum absolute atomic E-state index is 14.0. The van der Waals surface area contributed by atoms with Crippen molar-refractivity contribution in [3.8, 4) is 10.4 Å². The van der Waals surface area contributed by atoms with Crippen LogP contribution in [0.3, 0.4) is 0 Å². The minimum Gasteiger partial charge on any atom is -0.391 e. The van der Waals surface area contributed by atoms with Crippen LogP contribution in [0.4, 0.5) is 5.69 Å². The summed E-state index contributed by atoms with van der Waals surface area (Å²) in [6.07, 6.45) is 1.09. The summed E-state index contributed by atoms with van der Waals surface area (Å²) in [5, 5.41) is 19.6. The minimum atomic E-state index is -0.935. The molecule has 1 unspecified atom stereocenters. The summed E-state index contributed by atoms with van der Waals surface area (Å²) in [6, 6.07) is 10.0. The van der Waals surface area contributed by atoms with E-state index in [0.29, 0.717) is 30.0 Å². The number of hydrogen-bond donors (Lipinski definition) is 6. The monoisotopic (exact) mass is 817 g/mol. The Morgan fingerprint density at radius 1 is 1.05 bits per heavy atom. The number of aromatic nitrogens is 1. The van der Waals surface area contributed by atoms with Crippen LogP contribution >= 0.6 is 35.3 Å². The summed E-state index contributed by atoms with van der Waals surface area (Å²) < 4.78 is 0. The van der Waals surface area contributed by atoms with Gasteiger partial charge in [-0.1, -0.05) is 68.8 Å². The van der Waals surface area contributed by atoms with E-state index in [-0.39, 0.29) is 62.5 Å². The van der Waals surface area contributed by atoms with Crippen molar-refractivity contribution in [2.24, 2.45) is 16.9 Å². The summed E-state index contributed by atoms with van der Waals surface area (Å²) in [7, 11) is 0. The fourth-order valence-electron chi connectivity index (χ4n) is 6.37. The number of halogens is 2. The van der Waals surface area contributed by atoms with Gasteiger partial charge in [0.1, 0.15) is 12.1 Å². The normalized spacial score (nSPS) is 17.1. The maximum atomic E-state index is 14.0. The molecule has 0 aliphatic carbocycles. The first-order valence-corrected chi connectivity index (χ1v) is 19.4. The van der Waals surface area contributed by atoms with E-state index in [0.717, 1.165) is 27.3 Å². The molecule has 2 aromatic carbocycles. The number of anilines is 1. The average molecular weight is 819 g/mol. The van der Waals surface area contributed by atoms with Gasteiger partial charge in [0.05, 0.1) is 45.0 Å². The minimum absolute atomic E-state index is 0. The molecule has 5 amide bonds. The van der Waals surface area contributed by atoms with Gasteiger partial charge in [0.15, 0.2) is 0 Å². The molecule has 1 fully saturated rings. The molecule has 8 N–H and O–H groups in total. The highest BCUT2D eigenvalue weighted by Gasteiger charge is 2.44. The lowest BCUT2D eigenvalue weighted by Crippen LogP contribution is -2.57. The van der Waals surface area contributed by atoms with Crippen molar-refractivity contribution >= 4 is 70.6 Å². The van der Waals surface area contributed by atoms with Gasteiger partial charge in [-0.05, 0) is 67.7 Å². The number of carbonyl (C=O) groups is 5. The van der Waals surface area contributed by atoms with Crippen LogP contribution < -0.4 is 27.4 Å². The van der Waals surface area contributed by atoms with Gasteiger partial charge in [0.25, 0.3) is 0 Å². The molecule has 16 heteroatoms. The van der Waals surface area contributed by atoms with Crippen molar-refractivity contribution in [3.05, 3.63) is 69.8 Å². The van der Waals surface area contributed by atoms with Crippen molar-refractivity contribution in [1.82, 2.24) is 20.5 Å². The Hall–Kier alpha value is -4.08. The number of primary amides is 1. The molecule has 0 radical (unpaired) electrons. The van der Waals surface area contributed by atoms with Crippen LogP contribution in [0.25, 0.3) is 10.4 Å². The van der Waals surface area contributed by atoms with E-state index in [1.807, 2.05) is 70.5 Å². The van der Waals surface area contributed by atoms with Gasteiger partial charge in [-0.3, -0.25) is 24.0 Å². The average Bonchev–Trinajstić information content (AvgIpc) is 3.73. The molecule has 1 aliphatic rings. The molecular weight excluding hydrogens is 765 g/mol. The molecule has 0 spiro atoms. The van der Waals surface area contributed by atoms with E-state index >= 15 is 0 Å². The number of benzene rings is 2. The van der Waals surface area contributed by atoms with E-state index in [1.54, 1.807) is 23.5 Å². The lowest BCUT2D eigenvalue weighted by Gasteiger charge is -2.35. The second-order valence-corrected chi connectivity index (χ2v) is 16.2. The number of nitrogens with two attached hydrogens (primary N) is 2. The van der Waals surface area contributed by atoms with Crippen LogP contribution in [0.5, 0.6) is 0 Å². The van der Waals surface area contributed by atoms with Gasteiger partial charge in [-0.15, -0.1) is 23.7 Å². The van der Waals surface area contributed by atoms with Crippen LogP contribution in [-0.2, 0) is 30.4 Å². The second-order valence-electron chi connectivity index (χ2n) is 15.0. The number of aliphatic hydroxyl groups excluding tert-OH is 1. The zero-order valence-corrected chi connectivity index (χ0v) is 34.3. The van der Waals surface area contributed by atoms with Gasteiger partial charge in [0.2, 0.25) is 29.5 Å². The molecule has 55 heavy (non-hydrogen) atoms. The van der Waals surface area contributed by atoms with Gasteiger partial charge in [0, 0.05) is 25.8 Å². The van der Waals surface area contributed by atoms with Crippen LogP contribution in [-0.4, -0.2) is 75.3 Å². The summed E-state index contributed by atoms with van der Waals surface area (Å²) in [4.78, 5) is 71.1. The number of rotatable bonds is 16. The molecule has 5 atom stereocenters. The first-order chi connectivity index (χ1) is 25.5. The Balaban J connectivity index is 0.00000812. The standard InChI is InChI=1S/C39H52ClN7O6S.ClH/c1-22(24-13-15-26(16-14-24)34-23(2)43-21-54-34)44-37(52)30-19-27(48)20-47(30)38(53)35(39(3,4)5)46-32(50)12-7-6-9-25-10-8-11-29(33(25)40)45-36(51)28(41)17-18-31(42)49;/h8,10-11,13-16,21-22,27-28,30,35,48H,6-7,9,12,17-20,41H2,1-5H3,(H2,42,49)(H,44,52)(H,45,51)(H,46,50);1H/t22-,27+,28?,30-,35+;/m0./s1. The Morgan fingerprint density at radius 2 is 1.75 bits per heavy atom. The second kappa shape index (κ2) is 20.2. The highest BCUT2D eigenvalue weighted by atomic mass is 35.5. The number of aryl methyl sites for hydroxylation is 2. The van der Waals surface area contributed by atoms with Crippen molar-refractivity contribution < 1.29 is 29.1 Å². The molecule has 2 heterocycles. The highest BCUT2D eigenvalue weighted by Crippen LogP contribution is 2.30. The molecule has 1 aliphatic heterocycles. The lowest BCUT2D eigenvalue weighted by atomic mass is 9.85. The summed E-state index contributed by atoms with van der Waals surface area (Å²) in [5.74, 6) is -2.14. The zero-order valence-electron chi connectivity index (χ0n) is 31.9.